The molecule has 1 aliphatic carbocycles. The number of aromatic nitrogens is 3. The number of imidazole rings is 1. The zero-order chi connectivity index (χ0) is 24.6. The van der Waals surface area contributed by atoms with Gasteiger partial charge in [0.1, 0.15) is 11.6 Å². The number of benzene rings is 1. The lowest BCUT2D eigenvalue weighted by Crippen LogP contribution is -2.60. The van der Waals surface area contributed by atoms with Crippen LogP contribution in [0.5, 0.6) is 0 Å². The molecule has 188 valence electrons. The molecule has 3 atom stereocenters. The lowest BCUT2D eigenvalue weighted by atomic mass is 9.72. The first-order chi connectivity index (χ1) is 17.5. The number of aryl methyl sites for hydroxylation is 1. The first kappa shape index (κ1) is 23.0. The van der Waals surface area contributed by atoms with E-state index in [1.165, 1.54) is 6.42 Å². The molecule has 0 spiro atoms. The summed E-state index contributed by atoms with van der Waals surface area (Å²) in [4.78, 5) is 42.1. The van der Waals surface area contributed by atoms with Crippen LogP contribution in [0.25, 0.3) is 11.2 Å². The van der Waals surface area contributed by atoms with E-state index in [9.17, 15) is 9.59 Å². The molecule has 6 rings (SSSR count). The van der Waals surface area contributed by atoms with Crippen LogP contribution in [0.2, 0.25) is 0 Å². The highest BCUT2D eigenvalue weighted by Crippen LogP contribution is 2.35. The second kappa shape index (κ2) is 9.54. The lowest BCUT2D eigenvalue weighted by molar-refractivity contribution is -0.133. The summed E-state index contributed by atoms with van der Waals surface area (Å²) < 4.78 is 0. The Bertz CT molecular complexity index is 1280. The smallest absolute Gasteiger partial charge is 0.253 e. The van der Waals surface area contributed by atoms with Crippen molar-refractivity contribution in [2.45, 2.75) is 45.1 Å². The van der Waals surface area contributed by atoms with E-state index in [0.717, 1.165) is 72.7 Å². The molecular weight excluding hydrogens is 454 g/mol. The molecule has 0 radical (unpaired) electrons. The Morgan fingerprint density at radius 3 is 2.75 bits per heavy atom. The Hall–Kier alpha value is -3.46. The van der Waals surface area contributed by atoms with Crippen LogP contribution in [0.3, 0.4) is 0 Å². The summed E-state index contributed by atoms with van der Waals surface area (Å²) >= 11 is 0. The van der Waals surface area contributed by atoms with E-state index in [1.807, 2.05) is 42.2 Å². The molecule has 2 amide bonds. The van der Waals surface area contributed by atoms with E-state index in [-0.39, 0.29) is 23.8 Å². The van der Waals surface area contributed by atoms with Crippen molar-refractivity contribution >= 4 is 28.8 Å². The molecule has 36 heavy (non-hydrogen) atoms. The predicted molar refractivity (Wildman–Crippen MR) is 137 cm³/mol. The molecule has 2 aromatic heterocycles. The average Bonchev–Trinajstić information content (AvgIpc) is 3.29. The molecule has 4 heterocycles. The third kappa shape index (κ3) is 4.43. The maximum absolute atomic E-state index is 13.3. The summed E-state index contributed by atoms with van der Waals surface area (Å²) in [5, 5.41) is 0. The number of fused-ring (bicyclic) bond motifs is 2. The van der Waals surface area contributed by atoms with Gasteiger partial charge in [-0.15, -0.1) is 0 Å². The number of carbonyl (C=O) groups is 2. The van der Waals surface area contributed by atoms with E-state index in [0.29, 0.717) is 19.0 Å². The summed E-state index contributed by atoms with van der Waals surface area (Å²) in [6.45, 7) is 4.71. The first-order valence-electron chi connectivity index (χ1n) is 13.1. The van der Waals surface area contributed by atoms with Gasteiger partial charge in [-0.3, -0.25) is 15.0 Å². The number of amides is 2. The van der Waals surface area contributed by atoms with Crippen LogP contribution in [0.4, 0.5) is 5.82 Å². The van der Waals surface area contributed by atoms with Crippen LogP contribution in [0.15, 0.2) is 36.4 Å². The molecule has 2 saturated heterocycles. The van der Waals surface area contributed by atoms with E-state index in [1.54, 1.807) is 0 Å². The van der Waals surface area contributed by atoms with Gasteiger partial charge in [0.25, 0.3) is 5.91 Å². The van der Waals surface area contributed by atoms with Gasteiger partial charge in [-0.25, -0.2) is 15.4 Å². The highest BCUT2D eigenvalue weighted by molar-refractivity contribution is 5.94. The topological polar surface area (TPSA) is 106 Å². The van der Waals surface area contributed by atoms with Gasteiger partial charge < -0.3 is 14.8 Å². The minimum atomic E-state index is 0.0725. The Labute approximate surface area is 210 Å². The van der Waals surface area contributed by atoms with Gasteiger partial charge >= 0.3 is 0 Å². The Balaban J connectivity index is 1.09. The summed E-state index contributed by atoms with van der Waals surface area (Å²) in [5.41, 5.74) is 9.66. The van der Waals surface area contributed by atoms with Crippen molar-refractivity contribution in [3.8, 4) is 0 Å². The van der Waals surface area contributed by atoms with Crippen molar-refractivity contribution in [1.29, 1.82) is 0 Å². The number of aromatic amines is 1. The first-order valence-corrected chi connectivity index (χ1v) is 13.1. The lowest BCUT2D eigenvalue weighted by Gasteiger charge is -2.41. The number of rotatable bonds is 4. The maximum atomic E-state index is 13.3. The molecule has 9 nitrogen and oxygen atoms in total. The van der Waals surface area contributed by atoms with Gasteiger partial charge in [-0.2, -0.15) is 0 Å². The number of hydrazine groups is 1. The van der Waals surface area contributed by atoms with E-state index in [2.05, 4.69) is 31.8 Å². The van der Waals surface area contributed by atoms with Crippen LogP contribution >= 0.6 is 0 Å². The minimum Gasteiger partial charge on any atom is -0.353 e. The van der Waals surface area contributed by atoms with Gasteiger partial charge in [0, 0.05) is 43.7 Å². The zero-order valence-electron chi connectivity index (χ0n) is 20.7. The summed E-state index contributed by atoms with van der Waals surface area (Å²) in [6.07, 6.45) is 5.18. The van der Waals surface area contributed by atoms with Crippen LogP contribution in [0, 0.1) is 18.8 Å². The summed E-state index contributed by atoms with van der Waals surface area (Å²) in [6, 6.07) is 12.2. The summed E-state index contributed by atoms with van der Waals surface area (Å²) in [5.74, 6) is 2.43. The highest BCUT2D eigenvalue weighted by atomic mass is 16.2. The van der Waals surface area contributed by atoms with Gasteiger partial charge in [-0.05, 0) is 61.9 Å². The van der Waals surface area contributed by atoms with Crippen molar-refractivity contribution < 1.29 is 9.59 Å². The standard InChI is InChI=1S/C27H33N7O2/c1-17-28-22-9-10-24(30-25(22)29-17)33-11-13-34(14-12-33)27(36)19-6-4-5-18(15-19)16-23-20-7-2-3-8-21(20)26(35)32-31-23/h4-6,9-10,15,20-21,23,31H,2-3,7-8,11-14,16H2,1H3,(H,32,35)(H,28,29,30). The fourth-order valence-corrected chi connectivity index (χ4v) is 6.12. The number of anilines is 1. The Kier molecular flexibility index (Phi) is 6.08. The second-order valence-electron chi connectivity index (χ2n) is 10.3. The van der Waals surface area contributed by atoms with E-state index >= 15 is 0 Å². The number of nitrogens with one attached hydrogen (secondary N) is 3. The predicted octanol–water partition coefficient (Wildman–Crippen LogP) is 2.58. The summed E-state index contributed by atoms with van der Waals surface area (Å²) in [7, 11) is 0. The average molecular weight is 488 g/mol. The quantitative estimate of drug-likeness (QED) is 0.522. The number of hydrogen-bond acceptors (Lipinski definition) is 6. The van der Waals surface area contributed by atoms with Crippen LogP contribution < -0.4 is 15.8 Å². The van der Waals surface area contributed by atoms with Crippen LogP contribution in [0.1, 0.15) is 47.4 Å². The SMILES string of the molecule is Cc1nc2nc(N3CCN(C(=O)c4cccc(CC5NNC(=O)C6CCCCC56)c4)CC3)ccc2[nH]1. The monoisotopic (exact) mass is 487 g/mol. The van der Waals surface area contributed by atoms with Gasteiger partial charge in [0.05, 0.1) is 5.52 Å². The van der Waals surface area contributed by atoms with E-state index in [4.69, 9.17) is 4.98 Å². The minimum absolute atomic E-state index is 0.0725. The van der Waals surface area contributed by atoms with Gasteiger partial charge in [0.2, 0.25) is 5.91 Å². The number of pyridine rings is 1. The fourth-order valence-electron chi connectivity index (χ4n) is 6.12. The number of piperazine rings is 1. The number of H-pyrrole nitrogens is 1. The van der Waals surface area contributed by atoms with Crippen LogP contribution in [-0.2, 0) is 11.2 Å². The van der Waals surface area contributed by atoms with Crippen LogP contribution in [-0.4, -0.2) is 63.9 Å². The van der Waals surface area contributed by atoms with Crippen molar-refractivity contribution in [2.24, 2.45) is 11.8 Å². The molecule has 1 saturated carbocycles. The van der Waals surface area contributed by atoms with E-state index < -0.39 is 0 Å². The fraction of sp³-hybridized carbons (Fsp3) is 0.481. The highest BCUT2D eigenvalue weighted by Gasteiger charge is 2.39. The maximum Gasteiger partial charge on any atom is 0.253 e. The number of hydrogen-bond donors (Lipinski definition) is 3. The number of carbonyl (C=O) groups excluding carboxylic acids is 2. The molecular formula is C27H33N7O2. The second-order valence-corrected chi connectivity index (χ2v) is 10.3. The van der Waals surface area contributed by atoms with Crippen molar-refractivity contribution in [1.82, 2.24) is 30.7 Å². The van der Waals surface area contributed by atoms with Gasteiger partial charge in [-0.1, -0.05) is 25.0 Å². The largest absolute Gasteiger partial charge is 0.353 e. The normalized spacial score (nSPS) is 24.5. The molecule has 3 aromatic rings. The third-order valence-electron chi connectivity index (χ3n) is 8.02. The molecule has 1 aromatic carbocycles. The molecule has 3 unspecified atom stereocenters. The van der Waals surface area contributed by atoms with Crippen molar-refractivity contribution in [3.63, 3.8) is 0 Å². The molecule has 2 aliphatic heterocycles. The van der Waals surface area contributed by atoms with Gasteiger partial charge in [0.15, 0.2) is 5.65 Å². The third-order valence-corrected chi connectivity index (χ3v) is 8.02. The zero-order valence-corrected chi connectivity index (χ0v) is 20.7. The number of nitrogens with zero attached hydrogens (tertiary/aromatic N) is 4. The molecule has 3 aliphatic rings. The molecule has 9 heteroatoms. The molecule has 3 fully saturated rings. The Morgan fingerprint density at radius 2 is 1.89 bits per heavy atom. The Morgan fingerprint density at radius 1 is 1.06 bits per heavy atom. The van der Waals surface area contributed by atoms with Crippen molar-refractivity contribution in [2.75, 3.05) is 31.1 Å². The molecule has 3 N–H and O–H groups in total. The molecule has 0 bridgehead atoms. The van der Waals surface area contributed by atoms with Crippen molar-refractivity contribution in [3.05, 3.63) is 53.3 Å².